The molecule has 0 aromatic carbocycles. The lowest BCUT2D eigenvalue weighted by atomic mass is 10.2. The van der Waals surface area contributed by atoms with Crippen LogP contribution in [0.2, 0.25) is 0 Å². The SMILES string of the molecule is CCNCc1ccc(CSC2CCOCC2)o1. The summed E-state index contributed by atoms with van der Waals surface area (Å²) in [5.74, 6) is 3.11. The van der Waals surface area contributed by atoms with E-state index in [1.165, 1.54) is 12.8 Å². The van der Waals surface area contributed by atoms with Crippen LogP contribution in [0.5, 0.6) is 0 Å². The maximum absolute atomic E-state index is 5.76. The van der Waals surface area contributed by atoms with Crippen molar-refractivity contribution < 1.29 is 9.15 Å². The topological polar surface area (TPSA) is 34.4 Å². The zero-order chi connectivity index (χ0) is 11.9. The van der Waals surface area contributed by atoms with Crippen LogP contribution in [0.25, 0.3) is 0 Å². The van der Waals surface area contributed by atoms with E-state index in [2.05, 4.69) is 24.4 Å². The minimum atomic E-state index is 0.742. The summed E-state index contributed by atoms with van der Waals surface area (Å²) in [7, 11) is 0. The van der Waals surface area contributed by atoms with Gasteiger partial charge < -0.3 is 14.5 Å². The highest BCUT2D eigenvalue weighted by Gasteiger charge is 2.14. The second-order valence-corrected chi connectivity index (χ2v) is 5.56. The number of hydrogen-bond donors (Lipinski definition) is 1. The summed E-state index contributed by atoms with van der Waals surface area (Å²) in [6, 6.07) is 4.17. The van der Waals surface area contributed by atoms with Gasteiger partial charge in [-0.05, 0) is 31.5 Å². The molecule has 0 spiro atoms. The van der Waals surface area contributed by atoms with Crippen molar-refractivity contribution in [2.75, 3.05) is 19.8 Å². The highest BCUT2D eigenvalue weighted by atomic mass is 32.2. The molecule has 0 unspecified atom stereocenters. The highest BCUT2D eigenvalue weighted by molar-refractivity contribution is 7.99. The van der Waals surface area contributed by atoms with Gasteiger partial charge in [0.05, 0.1) is 12.3 Å². The number of rotatable bonds is 6. The van der Waals surface area contributed by atoms with E-state index in [9.17, 15) is 0 Å². The van der Waals surface area contributed by atoms with Gasteiger partial charge in [-0.25, -0.2) is 0 Å². The standard InChI is InChI=1S/C13H21NO2S/c1-2-14-9-11-3-4-12(16-11)10-17-13-5-7-15-8-6-13/h3-4,13-14H,2,5-10H2,1H3. The molecule has 2 rings (SSSR count). The molecule has 0 bridgehead atoms. The zero-order valence-electron chi connectivity index (χ0n) is 10.4. The van der Waals surface area contributed by atoms with Gasteiger partial charge in [-0.1, -0.05) is 6.92 Å². The van der Waals surface area contributed by atoms with Crippen molar-refractivity contribution in [3.8, 4) is 0 Å². The Kier molecular flexibility index (Phi) is 5.42. The average molecular weight is 255 g/mol. The van der Waals surface area contributed by atoms with Crippen molar-refractivity contribution in [3.63, 3.8) is 0 Å². The van der Waals surface area contributed by atoms with Gasteiger partial charge >= 0.3 is 0 Å². The van der Waals surface area contributed by atoms with E-state index in [1.807, 2.05) is 11.8 Å². The molecule has 1 fully saturated rings. The third-order valence-corrected chi connectivity index (χ3v) is 4.29. The summed E-state index contributed by atoms with van der Waals surface area (Å²) in [5, 5.41) is 4.01. The van der Waals surface area contributed by atoms with Crippen LogP contribution >= 0.6 is 11.8 Å². The first-order valence-corrected chi connectivity index (χ1v) is 7.41. The van der Waals surface area contributed by atoms with Crippen LogP contribution in [0.4, 0.5) is 0 Å². The molecule has 1 saturated heterocycles. The Morgan fingerprint density at radius 3 is 2.82 bits per heavy atom. The Labute approximate surface area is 107 Å². The fourth-order valence-electron chi connectivity index (χ4n) is 1.89. The van der Waals surface area contributed by atoms with Crippen LogP contribution < -0.4 is 5.32 Å². The minimum absolute atomic E-state index is 0.742. The third kappa shape index (κ3) is 4.37. The van der Waals surface area contributed by atoms with Crippen LogP contribution in [-0.4, -0.2) is 25.0 Å². The van der Waals surface area contributed by atoms with Crippen LogP contribution in [0.15, 0.2) is 16.5 Å². The van der Waals surface area contributed by atoms with Crippen LogP contribution in [0.3, 0.4) is 0 Å². The normalized spacial score (nSPS) is 17.5. The largest absolute Gasteiger partial charge is 0.464 e. The van der Waals surface area contributed by atoms with Crippen molar-refractivity contribution >= 4 is 11.8 Å². The predicted octanol–water partition coefficient (Wildman–Crippen LogP) is 2.80. The summed E-state index contributed by atoms with van der Waals surface area (Å²) in [4.78, 5) is 0. The molecule has 3 nitrogen and oxygen atoms in total. The first-order valence-electron chi connectivity index (χ1n) is 6.36. The molecule has 0 amide bonds. The fraction of sp³-hybridized carbons (Fsp3) is 0.692. The summed E-state index contributed by atoms with van der Waals surface area (Å²) in [5.41, 5.74) is 0. The Hall–Kier alpha value is -0.450. The van der Waals surface area contributed by atoms with Gasteiger partial charge in [0.2, 0.25) is 0 Å². The molecule has 2 heterocycles. The first kappa shape index (κ1) is 13.0. The van der Waals surface area contributed by atoms with Gasteiger partial charge in [0.15, 0.2) is 0 Å². The van der Waals surface area contributed by atoms with Crippen molar-refractivity contribution in [3.05, 3.63) is 23.7 Å². The van der Waals surface area contributed by atoms with E-state index < -0.39 is 0 Å². The monoisotopic (exact) mass is 255 g/mol. The van der Waals surface area contributed by atoms with Crippen molar-refractivity contribution in [2.45, 2.75) is 37.3 Å². The molecule has 96 valence electrons. The second kappa shape index (κ2) is 7.09. The summed E-state index contributed by atoms with van der Waals surface area (Å²) < 4.78 is 11.1. The van der Waals surface area contributed by atoms with Gasteiger partial charge in [0, 0.05) is 18.5 Å². The molecule has 0 saturated carbocycles. The molecule has 1 aliphatic heterocycles. The molecular formula is C13H21NO2S. The van der Waals surface area contributed by atoms with E-state index in [-0.39, 0.29) is 0 Å². The Balaban J connectivity index is 1.72. The van der Waals surface area contributed by atoms with Gasteiger partial charge in [-0.15, -0.1) is 0 Å². The Bertz CT molecular complexity index is 321. The summed E-state index contributed by atoms with van der Waals surface area (Å²) in [6.45, 7) is 5.75. The molecule has 0 atom stereocenters. The molecule has 0 aliphatic carbocycles. The highest BCUT2D eigenvalue weighted by Crippen LogP contribution is 2.26. The number of furan rings is 1. The third-order valence-electron chi connectivity index (χ3n) is 2.90. The molecular weight excluding hydrogens is 234 g/mol. The van der Waals surface area contributed by atoms with E-state index >= 15 is 0 Å². The maximum Gasteiger partial charge on any atom is 0.117 e. The molecule has 17 heavy (non-hydrogen) atoms. The maximum atomic E-state index is 5.76. The predicted molar refractivity (Wildman–Crippen MR) is 71.2 cm³/mol. The van der Waals surface area contributed by atoms with Gasteiger partial charge in [-0.3, -0.25) is 0 Å². The summed E-state index contributed by atoms with van der Waals surface area (Å²) >= 11 is 1.99. The molecule has 1 aromatic rings. The zero-order valence-corrected chi connectivity index (χ0v) is 11.2. The first-order chi connectivity index (χ1) is 8.38. The number of nitrogens with one attached hydrogen (secondary N) is 1. The number of ether oxygens (including phenoxy) is 1. The minimum Gasteiger partial charge on any atom is -0.464 e. The van der Waals surface area contributed by atoms with E-state index in [1.54, 1.807) is 0 Å². The molecule has 1 N–H and O–H groups in total. The molecule has 4 heteroatoms. The fourth-order valence-corrected chi connectivity index (χ4v) is 2.97. The van der Waals surface area contributed by atoms with Crippen molar-refractivity contribution in [1.29, 1.82) is 0 Å². The van der Waals surface area contributed by atoms with Gasteiger partial charge in [-0.2, -0.15) is 11.8 Å². The van der Waals surface area contributed by atoms with Gasteiger partial charge in [0.1, 0.15) is 11.5 Å². The number of thioether (sulfide) groups is 1. The lowest BCUT2D eigenvalue weighted by molar-refractivity contribution is 0.1000. The van der Waals surface area contributed by atoms with E-state index in [4.69, 9.17) is 9.15 Å². The van der Waals surface area contributed by atoms with Crippen LogP contribution in [0, 0.1) is 0 Å². The van der Waals surface area contributed by atoms with Gasteiger partial charge in [0.25, 0.3) is 0 Å². The lowest BCUT2D eigenvalue weighted by Crippen LogP contribution is -2.17. The van der Waals surface area contributed by atoms with Crippen molar-refractivity contribution in [2.24, 2.45) is 0 Å². The molecule has 0 radical (unpaired) electrons. The van der Waals surface area contributed by atoms with Crippen molar-refractivity contribution in [1.82, 2.24) is 5.32 Å². The lowest BCUT2D eigenvalue weighted by Gasteiger charge is -2.20. The molecule has 1 aliphatic rings. The second-order valence-electron chi connectivity index (χ2n) is 4.27. The van der Waals surface area contributed by atoms with E-state index in [0.29, 0.717) is 0 Å². The number of hydrogen-bond acceptors (Lipinski definition) is 4. The Morgan fingerprint density at radius 2 is 2.06 bits per heavy atom. The van der Waals surface area contributed by atoms with Crippen LogP contribution in [-0.2, 0) is 17.0 Å². The Morgan fingerprint density at radius 1 is 1.29 bits per heavy atom. The summed E-state index contributed by atoms with van der Waals surface area (Å²) in [6.07, 6.45) is 2.35. The van der Waals surface area contributed by atoms with Crippen LogP contribution in [0.1, 0.15) is 31.3 Å². The average Bonchev–Trinajstić information content (AvgIpc) is 2.83. The molecule has 1 aromatic heterocycles. The quantitative estimate of drug-likeness (QED) is 0.847. The smallest absolute Gasteiger partial charge is 0.117 e. The van der Waals surface area contributed by atoms with E-state index in [0.717, 1.165) is 48.8 Å².